The summed E-state index contributed by atoms with van der Waals surface area (Å²) >= 11 is 0. The van der Waals surface area contributed by atoms with Crippen molar-refractivity contribution in [2.45, 2.75) is 25.3 Å². The lowest BCUT2D eigenvalue weighted by atomic mass is 10.1. The fraction of sp³-hybridized carbons (Fsp3) is 0.400. The highest BCUT2D eigenvalue weighted by Gasteiger charge is 2.39. The Balaban J connectivity index is 1.25. The Morgan fingerprint density at radius 3 is 2.80 bits per heavy atom. The Hall–Kier alpha value is -2.56. The summed E-state index contributed by atoms with van der Waals surface area (Å²) < 4.78 is 5.29. The second-order valence-corrected chi connectivity index (χ2v) is 7.01. The first-order valence-corrected chi connectivity index (χ1v) is 8.83. The van der Waals surface area contributed by atoms with Crippen LogP contribution in [0.5, 0.6) is 0 Å². The third-order valence-electron chi connectivity index (χ3n) is 5.20. The number of carbonyl (C=O) groups excluding carboxylic acids is 2. The predicted molar refractivity (Wildman–Crippen MR) is 92.5 cm³/mol. The molecule has 130 valence electrons. The van der Waals surface area contributed by atoms with Gasteiger partial charge < -0.3 is 14.6 Å². The lowest BCUT2D eigenvalue weighted by molar-refractivity contribution is -0.129. The van der Waals surface area contributed by atoms with E-state index in [1.807, 2.05) is 12.1 Å². The third kappa shape index (κ3) is 3.60. The molecule has 1 aliphatic heterocycles. The normalized spacial score (nSPS) is 25.2. The van der Waals surface area contributed by atoms with Crippen LogP contribution in [0.1, 0.15) is 30.1 Å². The molecule has 0 spiro atoms. The summed E-state index contributed by atoms with van der Waals surface area (Å²) in [6.07, 6.45) is 3.01. The molecule has 2 fully saturated rings. The maximum Gasteiger partial charge on any atom is 0.225 e. The minimum absolute atomic E-state index is 0.00555. The van der Waals surface area contributed by atoms with Crippen LogP contribution < -0.4 is 5.32 Å². The van der Waals surface area contributed by atoms with Crippen molar-refractivity contribution in [2.24, 2.45) is 11.8 Å². The van der Waals surface area contributed by atoms with Crippen LogP contribution in [0.15, 0.2) is 53.1 Å². The van der Waals surface area contributed by atoms with Gasteiger partial charge in [0.25, 0.3) is 0 Å². The van der Waals surface area contributed by atoms with Crippen molar-refractivity contribution in [3.8, 4) is 0 Å². The Labute approximate surface area is 147 Å². The molecule has 1 aromatic carbocycles. The average molecular weight is 338 g/mol. The van der Waals surface area contributed by atoms with Gasteiger partial charge in [-0.25, -0.2) is 0 Å². The SMILES string of the molecule is O=C(NC[C@@H]1C[C@H]1c1ccccc1)[C@@H]1CC(=O)N(Cc2ccco2)C1. The first-order chi connectivity index (χ1) is 12.2. The molecule has 2 heterocycles. The fourth-order valence-corrected chi connectivity index (χ4v) is 3.65. The van der Waals surface area contributed by atoms with Gasteiger partial charge in [0.2, 0.25) is 11.8 Å². The fourth-order valence-electron chi connectivity index (χ4n) is 3.65. The Bertz CT molecular complexity index is 742. The first kappa shape index (κ1) is 15.9. The zero-order valence-corrected chi connectivity index (χ0v) is 14.1. The summed E-state index contributed by atoms with van der Waals surface area (Å²) in [6, 6.07) is 14.1. The molecule has 4 rings (SSSR count). The Morgan fingerprint density at radius 1 is 1.20 bits per heavy atom. The summed E-state index contributed by atoms with van der Waals surface area (Å²) in [5.74, 6) is 1.58. The summed E-state index contributed by atoms with van der Waals surface area (Å²) in [4.78, 5) is 26.2. The number of nitrogens with one attached hydrogen (secondary N) is 1. The smallest absolute Gasteiger partial charge is 0.225 e. The number of nitrogens with zero attached hydrogens (tertiary/aromatic N) is 1. The molecule has 3 atom stereocenters. The Morgan fingerprint density at radius 2 is 2.04 bits per heavy atom. The summed E-state index contributed by atoms with van der Waals surface area (Å²) in [6.45, 7) is 1.60. The third-order valence-corrected chi connectivity index (χ3v) is 5.20. The number of likely N-dealkylation sites (tertiary alicyclic amines) is 1. The number of carbonyl (C=O) groups is 2. The van der Waals surface area contributed by atoms with E-state index in [-0.39, 0.29) is 17.7 Å². The summed E-state index contributed by atoms with van der Waals surface area (Å²) in [5.41, 5.74) is 1.35. The van der Waals surface area contributed by atoms with Gasteiger partial charge in [0.15, 0.2) is 0 Å². The maximum absolute atomic E-state index is 12.4. The second kappa shape index (κ2) is 6.75. The van der Waals surface area contributed by atoms with Crippen LogP contribution in [0, 0.1) is 11.8 Å². The molecular weight excluding hydrogens is 316 g/mol. The number of amides is 2. The number of rotatable bonds is 6. The second-order valence-electron chi connectivity index (χ2n) is 7.01. The molecule has 0 unspecified atom stereocenters. The summed E-state index contributed by atoms with van der Waals surface area (Å²) in [5, 5.41) is 3.04. The average Bonchev–Trinajstić information content (AvgIpc) is 3.04. The molecule has 1 saturated carbocycles. The predicted octanol–water partition coefficient (Wildman–Crippen LogP) is 2.55. The van der Waals surface area contributed by atoms with E-state index in [1.54, 1.807) is 17.2 Å². The van der Waals surface area contributed by atoms with Gasteiger partial charge in [-0.3, -0.25) is 9.59 Å². The van der Waals surface area contributed by atoms with Crippen LogP contribution in [0.4, 0.5) is 0 Å². The van der Waals surface area contributed by atoms with Crippen molar-refractivity contribution in [3.05, 3.63) is 60.1 Å². The van der Waals surface area contributed by atoms with Crippen molar-refractivity contribution in [1.29, 1.82) is 0 Å². The van der Waals surface area contributed by atoms with Crippen molar-refractivity contribution < 1.29 is 14.0 Å². The van der Waals surface area contributed by atoms with Crippen LogP contribution in [-0.2, 0) is 16.1 Å². The van der Waals surface area contributed by atoms with E-state index in [0.29, 0.717) is 37.9 Å². The van der Waals surface area contributed by atoms with Crippen LogP contribution >= 0.6 is 0 Å². The van der Waals surface area contributed by atoms with Crippen LogP contribution in [0.2, 0.25) is 0 Å². The lowest BCUT2D eigenvalue weighted by Crippen LogP contribution is -2.34. The standard InChI is InChI=1S/C20H22N2O3/c23-19-10-16(12-22(19)13-17-7-4-8-25-17)20(24)21-11-15-9-18(15)14-5-2-1-3-6-14/h1-8,15-16,18H,9-13H2,(H,21,24)/t15-,16+,18-/m0/s1. The molecule has 1 aromatic heterocycles. The minimum Gasteiger partial charge on any atom is -0.467 e. The monoisotopic (exact) mass is 338 g/mol. The quantitative estimate of drug-likeness (QED) is 0.880. The lowest BCUT2D eigenvalue weighted by Gasteiger charge is -2.15. The zero-order valence-electron chi connectivity index (χ0n) is 14.1. The molecule has 0 radical (unpaired) electrons. The van der Waals surface area contributed by atoms with E-state index in [9.17, 15) is 9.59 Å². The van der Waals surface area contributed by atoms with Crippen molar-refractivity contribution in [1.82, 2.24) is 10.2 Å². The minimum atomic E-state index is -0.253. The molecule has 5 nitrogen and oxygen atoms in total. The summed E-state index contributed by atoms with van der Waals surface area (Å²) in [7, 11) is 0. The van der Waals surface area contributed by atoms with E-state index in [0.717, 1.165) is 12.2 Å². The maximum atomic E-state index is 12.4. The van der Waals surface area contributed by atoms with Crippen LogP contribution in [-0.4, -0.2) is 29.8 Å². The van der Waals surface area contributed by atoms with E-state index >= 15 is 0 Å². The topological polar surface area (TPSA) is 62.6 Å². The number of hydrogen-bond donors (Lipinski definition) is 1. The van der Waals surface area contributed by atoms with E-state index in [2.05, 4.69) is 29.6 Å². The van der Waals surface area contributed by atoms with Gasteiger partial charge >= 0.3 is 0 Å². The van der Waals surface area contributed by atoms with Gasteiger partial charge in [-0.2, -0.15) is 0 Å². The van der Waals surface area contributed by atoms with Gasteiger partial charge in [0.05, 0.1) is 18.7 Å². The highest BCUT2D eigenvalue weighted by molar-refractivity contribution is 5.89. The molecule has 0 bridgehead atoms. The molecule has 1 saturated heterocycles. The zero-order chi connectivity index (χ0) is 17.2. The van der Waals surface area contributed by atoms with Gasteiger partial charge in [-0.05, 0) is 36.0 Å². The molecular formula is C20H22N2O3. The van der Waals surface area contributed by atoms with Crippen LogP contribution in [0.3, 0.4) is 0 Å². The van der Waals surface area contributed by atoms with E-state index < -0.39 is 0 Å². The molecule has 2 amide bonds. The van der Waals surface area contributed by atoms with Gasteiger partial charge in [-0.15, -0.1) is 0 Å². The van der Waals surface area contributed by atoms with Gasteiger partial charge in [-0.1, -0.05) is 30.3 Å². The first-order valence-electron chi connectivity index (χ1n) is 8.83. The molecule has 2 aliphatic rings. The molecule has 2 aromatic rings. The number of benzene rings is 1. The molecule has 25 heavy (non-hydrogen) atoms. The highest BCUT2D eigenvalue weighted by atomic mass is 16.3. The molecule has 1 N–H and O–H groups in total. The van der Waals surface area contributed by atoms with E-state index in [4.69, 9.17) is 4.42 Å². The van der Waals surface area contributed by atoms with Crippen molar-refractivity contribution in [2.75, 3.05) is 13.1 Å². The van der Waals surface area contributed by atoms with Gasteiger partial charge in [0, 0.05) is 19.5 Å². The van der Waals surface area contributed by atoms with Gasteiger partial charge in [0.1, 0.15) is 5.76 Å². The Kier molecular flexibility index (Phi) is 4.30. The number of furan rings is 1. The van der Waals surface area contributed by atoms with E-state index in [1.165, 1.54) is 5.56 Å². The van der Waals surface area contributed by atoms with Crippen molar-refractivity contribution in [3.63, 3.8) is 0 Å². The number of hydrogen-bond acceptors (Lipinski definition) is 3. The highest BCUT2D eigenvalue weighted by Crippen LogP contribution is 2.46. The molecule has 1 aliphatic carbocycles. The largest absolute Gasteiger partial charge is 0.467 e. The van der Waals surface area contributed by atoms with Crippen molar-refractivity contribution >= 4 is 11.8 Å². The van der Waals surface area contributed by atoms with Crippen LogP contribution in [0.25, 0.3) is 0 Å². The molecule has 5 heteroatoms.